The van der Waals surface area contributed by atoms with Gasteiger partial charge in [0.15, 0.2) is 0 Å². The van der Waals surface area contributed by atoms with Crippen LogP contribution in [0.4, 0.5) is 5.69 Å². The van der Waals surface area contributed by atoms with E-state index in [4.69, 9.17) is 0 Å². The first-order valence-electron chi connectivity index (χ1n) is 5.20. The number of aryl methyl sites for hydroxylation is 1. The first-order chi connectivity index (χ1) is 7.18. The molecule has 1 aliphatic heterocycles. The number of carbonyl (C=O) groups excluding carboxylic acids is 1. The summed E-state index contributed by atoms with van der Waals surface area (Å²) in [5.74, 6) is 0.187. The zero-order valence-corrected chi connectivity index (χ0v) is 10.3. The highest BCUT2D eigenvalue weighted by Gasteiger charge is 2.27. The predicted octanol–water partition coefficient (Wildman–Crippen LogP) is 2.89. The molecule has 1 aromatic carbocycles. The number of benzene rings is 1. The molecule has 1 atom stereocenters. The van der Waals surface area contributed by atoms with Gasteiger partial charge in [-0.05, 0) is 37.5 Å². The zero-order chi connectivity index (χ0) is 10.8. The van der Waals surface area contributed by atoms with Crippen LogP contribution in [0.5, 0.6) is 0 Å². The second-order valence-electron chi connectivity index (χ2n) is 3.94. The van der Waals surface area contributed by atoms with Crippen LogP contribution in [-0.4, -0.2) is 17.3 Å². The summed E-state index contributed by atoms with van der Waals surface area (Å²) < 4.78 is 0. The Hall–Kier alpha value is -0.830. The molecule has 80 valence electrons. The molecule has 1 unspecified atom stereocenters. The van der Waals surface area contributed by atoms with Crippen LogP contribution in [0.15, 0.2) is 24.3 Å². The fourth-order valence-electron chi connectivity index (χ4n) is 1.88. The molecule has 0 saturated carbocycles. The molecule has 1 amide bonds. The summed E-state index contributed by atoms with van der Waals surface area (Å²) in [7, 11) is 0. The Kier molecular flexibility index (Phi) is 3.10. The number of hydrogen-bond acceptors (Lipinski definition) is 1. The van der Waals surface area contributed by atoms with Crippen LogP contribution in [0.3, 0.4) is 0 Å². The number of amides is 1. The summed E-state index contributed by atoms with van der Waals surface area (Å²) in [5.41, 5.74) is 2.21. The van der Waals surface area contributed by atoms with Crippen molar-refractivity contribution in [3.8, 4) is 0 Å². The highest BCUT2D eigenvalue weighted by molar-refractivity contribution is 9.10. The Morgan fingerprint density at radius 3 is 3.00 bits per heavy atom. The third-order valence-electron chi connectivity index (χ3n) is 2.69. The number of nitrogens with zero attached hydrogens (tertiary/aromatic N) is 1. The lowest BCUT2D eigenvalue weighted by Gasteiger charge is -2.30. The molecular weight excluding hydrogens is 254 g/mol. The van der Waals surface area contributed by atoms with Crippen LogP contribution in [-0.2, 0) is 4.79 Å². The SMILES string of the molecule is Cc1cccc(N2CCCC(Br)C2=O)c1. The summed E-state index contributed by atoms with van der Waals surface area (Å²) in [6.45, 7) is 2.88. The van der Waals surface area contributed by atoms with Gasteiger partial charge in [-0.25, -0.2) is 0 Å². The fraction of sp³-hybridized carbons (Fsp3) is 0.417. The quantitative estimate of drug-likeness (QED) is 0.717. The second kappa shape index (κ2) is 4.35. The van der Waals surface area contributed by atoms with E-state index in [9.17, 15) is 4.79 Å². The van der Waals surface area contributed by atoms with Crippen molar-refractivity contribution in [3.63, 3.8) is 0 Å². The maximum Gasteiger partial charge on any atom is 0.240 e. The number of rotatable bonds is 1. The van der Waals surface area contributed by atoms with E-state index in [0.29, 0.717) is 0 Å². The van der Waals surface area contributed by atoms with Gasteiger partial charge in [-0.3, -0.25) is 4.79 Å². The third kappa shape index (κ3) is 2.23. The van der Waals surface area contributed by atoms with Crippen molar-refractivity contribution in [3.05, 3.63) is 29.8 Å². The number of hydrogen-bond donors (Lipinski definition) is 0. The number of alkyl halides is 1. The lowest BCUT2D eigenvalue weighted by atomic mass is 10.1. The van der Waals surface area contributed by atoms with Crippen LogP contribution in [0.25, 0.3) is 0 Å². The van der Waals surface area contributed by atoms with E-state index < -0.39 is 0 Å². The van der Waals surface area contributed by atoms with E-state index in [1.165, 1.54) is 5.56 Å². The van der Waals surface area contributed by atoms with Gasteiger partial charge in [0.05, 0.1) is 4.83 Å². The standard InChI is InChI=1S/C12H14BrNO/c1-9-4-2-5-10(8-9)14-7-3-6-11(13)12(14)15/h2,4-5,8,11H,3,6-7H2,1H3. The van der Waals surface area contributed by atoms with Crippen molar-refractivity contribution in [2.75, 3.05) is 11.4 Å². The smallest absolute Gasteiger partial charge is 0.240 e. The summed E-state index contributed by atoms with van der Waals surface area (Å²) >= 11 is 3.42. The average Bonchev–Trinajstić information content (AvgIpc) is 2.22. The van der Waals surface area contributed by atoms with Crippen LogP contribution in [0.1, 0.15) is 18.4 Å². The minimum Gasteiger partial charge on any atom is -0.311 e. The van der Waals surface area contributed by atoms with Crippen molar-refractivity contribution >= 4 is 27.5 Å². The highest BCUT2D eigenvalue weighted by atomic mass is 79.9. The number of halogens is 1. The van der Waals surface area contributed by atoms with Gasteiger partial charge in [-0.2, -0.15) is 0 Å². The Bertz CT molecular complexity index is 378. The largest absolute Gasteiger partial charge is 0.311 e. The van der Waals surface area contributed by atoms with Gasteiger partial charge < -0.3 is 4.90 Å². The lowest BCUT2D eigenvalue weighted by molar-refractivity contribution is -0.118. The van der Waals surface area contributed by atoms with Crippen molar-refractivity contribution in [1.82, 2.24) is 0 Å². The van der Waals surface area contributed by atoms with Crippen molar-refractivity contribution in [1.29, 1.82) is 0 Å². The fourth-order valence-corrected chi connectivity index (χ4v) is 2.45. The van der Waals surface area contributed by atoms with Crippen LogP contribution < -0.4 is 4.90 Å². The Morgan fingerprint density at radius 1 is 1.47 bits per heavy atom. The summed E-state index contributed by atoms with van der Waals surface area (Å²) in [6, 6.07) is 8.10. The Balaban J connectivity index is 2.26. The molecule has 0 aliphatic carbocycles. The third-order valence-corrected chi connectivity index (χ3v) is 3.54. The molecule has 0 spiro atoms. The summed E-state index contributed by atoms with van der Waals surface area (Å²) in [5, 5.41) is 0. The molecule has 1 aliphatic rings. The van der Waals surface area contributed by atoms with Crippen LogP contribution in [0, 0.1) is 6.92 Å². The maximum atomic E-state index is 11.9. The predicted molar refractivity (Wildman–Crippen MR) is 65.5 cm³/mol. The molecule has 1 fully saturated rings. The normalized spacial score (nSPS) is 21.9. The lowest BCUT2D eigenvalue weighted by Crippen LogP contribution is -2.41. The van der Waals surface area contributed by atoms with Crippen LogP contribution in [0.2, 0.25) is 0 Å². The van der Waals surface area contributed by atoms with Gasteiger partial charge >= 0.3 is 0 Å². The Labute approximate surface area is 98.4 Å². The summed E-state index contributed by atoms with van der Waals surface area (Å²) in [6.07, 6.45) is 2.01. The van der Waals surface area contributed by atoms with E-state index in [1.807, 2.05) is 30.0 Å². The minimum absolute atomic E-state index is 0.00763. The van der Waals surface area contributed by atoms with Gasteiger partial charge in [0.1, 0.15) is 0 Å². The van der Waals surface area contributed by atoms with Gasteiger partial charge in [-0.1, -0.05) is 28.1 Å². The molecule has 1 heterocycles. The van der Waals surface area contributed by atoms with E-state index in [2.05, 4.69) is 22.0 Å². The average molecular weight is 268 g/mol. The zero-order valence-electron chi connectivity index (χ0n) is 8.74. The summed E-state index contributed by atoms with van der Waals surface area (Å²) in [4.78, 5) is 13.8. The van der Waals surface area contributed by atoms with E-state index in [0.717, 1.165) is 25.1 Å². The van der Waals surface area contributed by atoms with Gasteiger partial charge in [0.25, 0.3) is 0 Å². The van der Waals surface area contributed by atoms with Gasteiger partial charge in [-0.15, -0.1) is 0 Å². The first-order valence-corrected chi connectivity index (χ1v) is 6.12. The molecular formula is C12H14BrNO. The molecule has 0 radical (unpaired) electrons. The molecule has 2 rings (SSSR count). The molecule has 2 nitrogen and oxygen atoms in total. The molecule has 1 saturated heterocycles. The van der Waals surface area contributed by atoms with E-state index in [-0.39, 0.29) is 10.7 Å². The molecule has 15 heavy (non-hydrogen) atoms. The minimum atomic E-state index is -0.00763. The molecule has 0 N–H and O–H groups in total. The molecule has 0 aromatic heterocycles. The van der Waals surface area contributed by atoms with Crippen LogP contribution >= 0.6 is 15.9 Å². The second-order valence-corrected chi connectivity index (χ2v) is 5.04. The number of carbonyl (C=O) groups is 1. The maximum absolute atomic E-state index is 11.9. The van der Waals surface area contributed by atoms with Crippen molar-refractivity contribution in [2.24, 2.45) is 0 Å². The molecule has 3 heteroatoms. The highest BCUT2D eigenvalue weighted by Crippen LogP contribution is 2.24. The Morgan fingerprint density at radius 2 is 2.27 bits per heavy atom. The van der Waals surface area contributed by atoms with E-state index in [1.54, 1.807) is 0 Å². The monoisotopic (exact) mass is 267 g/mol. The first kappa shape index (κ1) is 10.7. The topological polar surface area (TPSA) is 20.3 Å². The van der Waals surface area contributed by atoms with Crippen molar-refractivity contribution < 1.29 is 4.79 Å². The number of piperidine rings is 1. The molecule has 0 bridgehead atoms. The molecule has 1 aromatic rings. The van der Waals surface area contributed by atoms with Crippen molar-refractivity contribution in [2.45, 2.75) is 24.6 Å². The number of anilines is 1. The van der Waals surface area contributed by atoms with Gasteiger partial charge in [0.2, 0.25) is 5.91 Å². The van der Waals surface area contributed by atoms with E-state index >= 15 is 0 Å². The van der Waals surface area contributed by atoms with Gasteiger partial charge in [0, 0.05) is 12.2 Å².